The first-order valence-corrected chi connectivity index (χ1v) is 10.3. The van der Waals surface area contributed by atoms with E-state index in [1.807, 2.05) is 0 Å². The molecule has 1 aliphatic heterocycles. The van der Waals surface area contributed by atoms with Gasteiger partial charge in [-0.1, -0.05) is 17.3 Å². The molecular weight excluding hydrogens is 437 g/mol. The van der Waals surface area contributed by atoms with Crippen LogP contribution in [0.1, 0.15) is 39.4 Å². The van der Waals surface area contributed by atoms with Crippen molar-refractivity contribution in [2.45, 2.75) is 32.5 Å². The molecule has 1 aliphatic rings. The molecule has 3 aromatic rings. The zero-order chi connectivity index (χ0) is 23.6. The summed E-state index contributed by atoms with van der Waals surface area (Å²) in [5, 5.41) is 3.88. The standard InChI is InChI=1S/C23H21F3N4O3/c1-15-12-19(28-33-15)6-7-20(31)17-8-9-27-21(13-17)30-11-10-29(22(30)32)14-16-2-4-18(5-3-16)23(24,25)26/h2-5,8-9,12-13H,6-7,10-11,14H2,1H3. The summed E-state index contributed by atoms with van der Waals surface area (Å²) in [6, 6.07) is 9.38. The van der Waals surface area contributed by atoms with Gasteiger partial charge in [0, 0.05) is 50.3 Å². The van der Waals surface area contributed by atoms with Gasteiger partial charge in [-0.3, -0.25) is 9.69 Å². The molecular formula is C23H21F3N4O3. The fourth-order valence-electron chi connectivity index (χ4n) is 3.62. The van der Waals surface area contributed by atoms with Crippen molar-refractivity contribution in [3.63, 3.8) is 0 Å². The minimum absolute atomic E-state index is 0.104. The van der Waals surface area contributed by atoms with Gasteiger partial charge in [-0.05, 0) is 36.8 Å². The molecule has 0 aliphatic carbocycles. The summed E-state index contributed by atoms with van der Waals surface area (Å²) in [4.78, 5) is 32.7. The summed E-state index contributed by atoms with van der Waals surface area (Å²) in [5.41, 5.74) is 1.00. The van der Waals surface area contributed by atoms with E-state index in [9.17, 15) is 22.8 Å². The Labute approximate surface area is 187 Å². The van der Waals surface area contributed by atoms with Crippen LogP contribution in [0.15, 0.2) is 53.2 Å². The highest BCUT2D eigenvalue weighted by atomic mass is 19.4. The smallest absolute Gasteiger partial charge is 0.361 e. The van der Waals surface area contributed by atoms with Crippen LogP contribution in [-0.2, 0) is 19.1 Å². The van der Waals surface area contributed by atoms with Crippen molar-refractivity contribution in [1.82, 2.24) is 15.0 Å². The average Bonchev–Trinajstić information content (AvgIpc) is 3.37. The number of anilines is 1. The minimum Gasteiger partial charge on any atom is -0.361 e. The topological polar surface area (TPSA) is 79.5 Å². The number of aryl methyl sites for hydroxylation is 2. The number of alkyl halides is 3. The molecule has 0 bridgehead atoms. The Kier molecular flexibility index (Phi) is 6.17. The van der Waals surface area contributed by atoms with Crippen LogP contribution in [0, 0.1) is 6.92 Å². The Balaban J connectivity index is 1.39. The number of pyridine rings is 1. The SMILES string of the molecule is Cc1cc(CCC(=O)c2ccnc(N3CCN(Cc4ccc(C(F)(F)F)cc4)C3=O)c2)no1. The summed E-state index contributed by atoms with van der Waals surface area (Å²) < 4.78 is 43.2. The third-order valence-electron chi connectivity index (χ3n) is 5.38. The molecule has 4 rings (SSSR count). The van der Waals surface area contributed by atoms with Crippen LogP contribution in [-0.4, -0.2) is 39.9 Å². The number of carbonyl (C=O) groups is 2. The third kappa shape index (κ3) is 5.21. The Bertz CT molecular complexity index is 1160. The first-order chi connectivity index (χ1) is 15.7. The highest BCUT2D eigenvalue weighted by Crippen LogP contribution is 2.29. The predicted octanol–water partition coefficient (Wildman–Crippen LogP) is 4.65. The summed E-state index contributed by atoms with van der Waals surface area (Å²) >= 11 is 0. The lowest BCUT2D eigenvalue weighted by Gasteiger charge is -2.18. The van der Waals surface area contributed by atoms with Gasteiger partial charge < -0.3 is 9.42 Å². The molecule has 10 heteroatoms. The van der Waals surface area contributed by atoms with Gasteiger partial charge >= 0.3 is 12.2 Å². The number of urea groups is 1. The second kappa shape index (κ2) is 9.05. The summed E-state index contributed by atoms with van der Waals surface area (Å²) in [7, 11) is 0. The Morgan fingerprint density at radius 1 is 1.12 bits per heavy atom. The van der Waals surface area contributed by atoms with Crippen molar-refractivity contribution in [3.8, 4) is 0 Å². The number of aromatic nitrogens is 2. The number of benzene rings is 1. The molecule has 1 fully saturated rings. The minimum atomic E-state index is -4.40. The van der Waals surface area contributed by atoms with Gasteiger partial charge in [0.05, 0.1) is 11.3 Å². The van der Waals surface area contributed by atoms with Crippen molar-refractivity contribution < 1.29 is 27.3 Å². The van der Waals surface area contributed by atoms with Crippen LogP contribution in [0.25, 0.3) is 0 Å². The van der Waals surface area contributed by atoms with Gasteiger partial charge in [0.2, 0.25) is 0 Å². The summed E-state index contributed by atoms with van der Waals surface area (Å²) in [5.74, 6) is 0.933. The lowest BCUT2D eigenvalue weighted by Crippen LogP contribution is -2.32. The van der Waals surface area contributed by atoms with Gasteiger partial charge in [-0.15, -0.1) is 0 Å². The maximum Gasteiger partial charge on any atom is 0.416 e. The molecule has 33 heavy (non-hydrogen) atoms. The zero-order valence-corrected chi connectivity index (χ0v) is 17.8. The van der Waals surface area contributed by atoms with Crippen molar-refractivity contribution >= 4 is 17.6 Å². The normalized spacial score (nSPS) is 14.2. The molecule has 3 heterocycles. The van der Waals surface area contributed by atoms with E-state index in [0.717, 1.165) is 12.1 Å². The van der Waals surface area contributed by atoms with E-state index in [-0.39, 0.29) is 24.8 Å². The van der Waals surface area contributed by atoms with E-state index in [4.69, 9.17) is 4.52 Å². The number of carbonyl (C=O) groups excluding carboxylic acids is 2. The molecule has 0 saturated carbocycles. The van der Waals surface area contributed by atoms with Crippen LogP contribution in [0.3, 0.4) is 0 Å². The van der Waals surface area contributed by atoms with Gasteiger partial charge in [-0.25, -0.2) is 9.78 Å². The lowest BCUT2D eigenvalue weighted by atomic mass is 10.1. The molecule has 1 saturated heterocycles. The van der Waals surface area contributed by atoms with E-state index in [2.05, 4.69) is 10.1 Å². The number of hydrogen-bond donors (Lipinski definition) is 0. The van der Waals surface area contributed by atoms with Crippen molar-refractivity contribution in [3.05, 3.63) is 76.8 Å². The second-order valence-electron chi connectivity index (χ2n) is 7.81. The van der Waals surface area contributed by atoms with Gasteiger partial charge in [0.25, 0.3) is 0 Å². The number of amides is 2. The van der Waals surface area contributed by atoms with Gasteiger partial charge in [0.1, 0.15) is 11.6 Å². The van der Waals surface area contributed by atoms with Crippen molar-refractivity contribution in [1.29, 1.82) is 0 Å². The molecule has 0 atom stereocenters. The Morgan fingerprint density at radius 3 is 2.55 bits per heavy atom. The molecule has 7 nitrogen and oxygen atoms in total. The number of ketones is 1. The van der Waals surface area contributed by atoms with Crippen LogP contribution in [0.5, 0.6) is 0 Å². The molecule has 0 radical (unpaired) electrons. The highest BCUT2D eigenvalue weighted by Gasteiger charge is 2.32. The molecule has 2 amide bonds. The second-order valence-corrected chi connectivity index (χ2v) is 7.81. The van der Waals surface area contributed by atoms with Gasteiger partial charge in [-0.2, -0.15) is 13.2 Å². The van der Waals surface area contributed by atoms with Crippen molar-refractivity contribution in [2.24, 2.45) is 0 Å². The van der Waals surface area contributed by atoms with E-state index in [1.165, 1.54) is 28.1 Å². The van der Waals surface area contributed by atoms with Crippen LogP contribution in [0.2, 0.25) is 0 Å². The molecule has 2 aromatic heterocycles. The van der Waals surface area contributed by atoms with Gasteiger partial charge in [0.15, 0.2) is 5.78 Å². The Hall–Kier alpha value is -3.69. The van der Waals surface area contributed by atoms with Crippen LogP contribution in [0.4, 0.5) is 23.8 Å². The van der Waals surface area contributed by atoms with E-state index < -0.39 is 11.7 Å². The summed E-state index contributed by atoms with van der Waals surface area (Å²) in [6.45, 7) is 2.72. The quantitative estimate of drug-likeness (QED) is 0.482. The highest BCUT2D eigenvalue weighted by molar-refractivity contribution is 5.98. The van der Waals surface area contributed by atoms with Crippen molar-refractivity contribution in [2.75, 3.05) is 18.0 Å². The first-order valence-electron chi connectivity index (χ1n) is 10.3. The van der Waals surface area contributed by atoms with E-state index in [0.29, 0.717) is 47.9 Å². The molecule has 0 spiro atoms. The zero-order valence-electron chi connectivity index (χ0n) is 17.8. The first kappa shape index (κ1) is 22.5. The van der Waals surface area contributed by atoms with Crippen LogP contribution >= 0.6 is 0 Å². The maximum atomic E-state index is 12.9. The monoisotopic (exact) mass is 458 g/mol. The number of rotatable bonds is 7. The van der Waals surface area contributed by atoms with E-state index >= 15 is 0 Å². The summed E-state index contributed by atoms with van der Waals surface area (Å²) in [6.07, 6.45) is -2.24. The third-order valence-corrected chi connectivity index (χ3v) is 5.38. The maximum absolute atomic E-state index is 12.9. The fraction of sp³-hybridized carbons (Fsp3) is 0.304. The number of hydrogen-bond acceptors (Lipinski definition) is 5. The van der Waals surface area contributed by atoms with E-state index in [1.54, 1.807) is 25.1 Å². The Morgan fingerprint density at radius 2 is 1.88 bits per heavy atom. The predicted molar refractivity (Wildman–Crippen MR) is 113 cm³/mol. The number of nitrogens with zero attached hydrogens (tertiary/aromatic N) is 4. The molecule has 1 aromatic carbocycles. The largest absolute Gasteiger partial charge is 0.416 e. The average molecular weight is 458 g/mol. The van der Waals surface area contributed by atoms with Crippen LogP contribution < -0.4 is 4.90 Å². The lowest BCUT2D eigenvalue weighted by molar-refractivity contribution is -0.137. The number of Topliss-reactive ketones (excluding diaryl/α,β-unsaturated/α-hetero) is 1. The fourth-order valence-corrected chi connectivity index (χ4v) is 3.62. The molecule has 0 unspecified atom stereocenters. The molecule has 172 valence electrons. The molecule has 0 N–H and O–H groups in total. The number of halogens is 3.